The number of carboxylic acids is 1. The monoisotopic (exact) mass is 227 g/mol. The summed E-state index contributed by atoms with van der Waals surface area (Å²) in [6, 6.07) is 0.345. The third-order valence-corrected chi connectivity index (χ3v) is 3.73. The molecular formula is C12H21NO3. The number of carbonyl (C=O) groups is 1. The van der Waals surface area contributed by atoms with E-state index in [4.69, 9.17) is 9.84 Å². The van der Waals surface area contributed by atoms with Crippen LogP contribution in [0.3, 0.4) is 0 Å². The molecule has 0 aromatic carbocycles. The molecule has 2 heterocycles. The third kappa shape index (κ3) is 1.96. The Morgan fingerprint density at radius 1 is 1.31 bits per heavy atom. The normalized spacial score (nSPS) is 33.6. The maximum absolute atomic E-state index is 10.8. The standard InChI is InChI=1S/C12H21NO3/c1-11(2)5-9(12(3,4)16-11)13-6-8(7-13)10(14)15/h8-9H,5-7H2,1-4H3,(H,14,15). The van der Waals surface area contributed by atoms with Crippen molar-refractivity contribution >= 4 is 5.97 Å². The van der Waals surface area contributed by atoms with E-state index in [0.29, 0.717) is 19.1 Å². The lowest BCUT2D eigenvalue weighted by atomic mass is 9.88. The van der Waals surface area contributed by atoms with Crippen LogP contribution in [-0.2, 0) is 9.53 Å². The average molecular weight is 227 g/mol. The minimum Gasteiger partial charge on any atom is -0.481 e. The van der Waals surface area contributed by atoms with Crippen molar-refractivity contribution in [1.82, 2.24) is 4.90 Å². The van der Waals surface area contributed by atoms with Crippen molar-refractivity contribution in [3.8, 4) is 0 Å². The van der Waals surface area contributed by atoms with Crippen LogP contribution in [0.1, 0.15) is 34.1 Å². The van der Waals surface area contributed by atoms with Gasteiger partial charge in [-0.3, -0.25) is 9.69 Å². The highest BCUT2D eigenvalue weighted by molar-refractivity contribution is 5.71. The van der Waals surface area contributed by atoms with Crippen LogP contribution < -0.4 is 0 Å². The second-order valence-corrected chi connectivity index (χ2v) is 6.17. The van der Waals surface area contributed by atoms with Crippen molar-refractivity contribution in [2.45, 2.75) is 51.4 Å². The van der Waals surface area contributed by atoms with Crippen LogP contribution in [0, 0.1) is 5.92 Å². The van der Waals surface area contributed by atoms with Gasteiger partial charge < -0.3 is 9.84 Å². The lowest BCUT2D eigenvalue weighted by Crippen LogP contribution is -2.59. The Hall–Kier alpha value is -0.610. The van der Waals surface area contributed by atoms with Gasteiger partial charge in [-0.1, -0.05) is 0 Å². The van der Waals surface area contributed by atoms with Crippen molar-refractivity contribution in [3.63, 3.8) is 0 Å². The van der Waals surface area contributed by atoms with Crippen LogP contribution in [0.2, 0.25) is 0 Å². The maximum atomic E-state index is 10.8. The lowest BCUT2D eigenvalue weighted by Gasteiger charge is -2.45. The van der Waals surface area contributed by atoms with Crippen molar-refractivity contribution < 1.29 is 14.6 Å². The first-order chi connectivity index (χ1) is 7.21. The van der Waals surface area contributed by atoms with Gasteiger partial charge in [-0.05, 0) is 34.1 Å². The van der Waals surface area contributed by atoms with E-state index in [9.17, 15) is 4.79 Å². The molecule has 0 bridgehead atoms. The summed E-state index contributed by atoms with van der Waals surface area (Å²) in [6.45, 7) is 9.74. The zero-order chi connectivity index (χ0) is 12.1. The van der Waals surface area contributed by atoms with Gasteiger partial charge in [0.2, 0.25) is 0 Å². The molecule has 0 aliphatic carbocycles. The minimum absolute atomic E-state index is 0.0948. The molecule has 0 aromatic heterocycles. The Morgan fingerprint density at radius 3 is 2.25 bits per heavy atom. The second kappa shape index (κ2) is 3.44. The third-order valence-electron chi connectivity index (χ3n) is 3.73. The van der Waals surface area contributed by atoms with Gasteiger partial charge in [0.1, 0.15) is 0 Å². The SMILES string of the molecule is CC1(C)CC(N2CC(C(=O)O)C2)C(C)(C)O1. The maximum Gasteiger partial charge on any atom is 0.309 e. The van der Waals surface area contributed by atoms with Gasteiger partial charge >= 0.3 is 5.97 Å². The molecular weight excluding hydrogens is 206 g/mol. The van der Waals surface area contributed by atoms with Gasteiger partial charge in [0, 0.05) is 19.1 Å². The van der Waals surface area contributed by atoms with Crippen molar-refractivity contribution in [2.75, 3.05) is 13.1 Å². The zero-order valence-corrected chi connectivity index (χ0v) is 10.5. The summed E-state index contributed by atoms with van der Waals surface area (Å²) in [5.41, 5.74) is -0.268. The van der Waals surface area contributed by atoms with Crippen molar-refractivity contribution in [2.24, 2.45) is 5.92 Å². The summed E-state index contributed by atoms with van der Waals surface area (Å²) < 4.78 is 6.01. The largest absolute Gasteiger partial charge is 0.481 e. The van der Waals surface area contributed by atoms with Crippen molar-refractivity contribution in [1.29, 1.82) is 0 Å². The van der Waals surface area contributed by atoms with Crippen LogP contribution >= 0.6 is 0 Å². The molecule has 0 aromatic rings. The van der Waals surface area contributed by atoms with Crippen LogP contribution in [0.25, 0.3) is 0 Å². The molecule has 1 atom stereocenters. The Kier molecular flexibility index (Phi) is 2.55. The number of likely N-dealkylation sites (tertiary alicyclic amines) is 1. The van der Waals surface area contributed by atoms with Gasteiger partial charge in [0.15, 0.2) is 0 Å². The average Bonchev–Trinajstić information content (AvgIpc) is 2.15. The number of hydrogen-bond donors (Lipinski definition) is 1. The van der Waals surface area contributed by atoms with Crippen LogP contribution in [0.4, 0.5) is 0 Å². The number of rotatable bonds is 2. The predicted molar refractivity (Wildman–Crippen MR) is 60.3 cm³/mol. The van der Waals surface area contributed by atoms with E-state index in [1.165, 1.54) is 0 Å². The molecule has 0 amide bonds. The second-order valence-electron chi connectivity index (χ2n) is 6.17. The van der Waals surface area contributed by atoms with E-state index in [2.05, 4.69) is 32.6 Å². The molecule has 92 valence electrons. The number of ether oxygens (including phenoxy) is 1. The predicted octanol–water partition coefficient (Wildman–Crippen LogP) is 1.35. The summed E-state index contributed by atoms with van der Waals surface area (Å²) in [4.78, 5) is 13.0. The lowest BCUT2D eigenvalue weighted by molar-refractivity contribution is -0.151. The minimum atomic E-state index is -0.674. The number of aliphatic carboxylic acids is 1. The van der Waals surface area contributed by atoms with Crippen LogP contribution in [0.15, 0.2) is 0 Å². The number of hydrogen-bond acceptors (Lipinski definition) is 3. The molecule has 4 heteroatoms. The topological polar surface area (TPSA) is 49.8 Å². The Labute approximate surface area is 96.6 Å². The van der Waals surface area contributed by atoms with Gasteiger partial charge in [-0.25, -0.2) is 0 Å². The molecule has 0 saturated carbocycles. The quantitative estimate of drug-likeness (QED) is 0.773. The molecule has 4 nitrogen and oxygen atoms in total. The molecule has 2 aliphatic rings. The highest BCUT2D eigenvalue weighted by Gasteiger charge is 2.51. The Bertz CT molecular complexity index is 305. The number of carboxylic acid groups (broad SMARTS) is 1. The highest BCUT2D eigenvalue weighted by Crippen LogP contribution is 2.42. The van der Waals surface area contributed by atoms with Gasteiger partial charge in [-0.15, -0.1) is 0 Å². The highest BCUT2D eigenvalue weighted by atomic mass is 16.5. The molecule has 2 fully saturated rings. The Morgan fingerprint density at radius 2 is 1.88 bits per heavy atom. The zero-order valence-electron chi connectivity index (χ0n) is 10.5. The summed E-state index contributed by atoms with van der Waals surface area (Å²) in [7, 11) is 0. The molecule has 1 unspecified atom stereocenters. The first kappa shape index (κ1) is 11.9. The van der Waals surface area contributed by atoms with E-state index in [0.717, 1.165) is 6.42 Å². The molecule has 2 saturated heterocycles. The molecule has 0 radical (unpaired) electrons. The summed E-state index contributed by atoms with van der Waals surface area (Å²) >= 11 is 0. The smallest absolute Gasteiger partial charge is 0.309 e. The molecule has 2 aliphatic heterocycles. The molecule has 16 heavy (non-hydrogen) atoms. The fraction of sp³-hybridized carbons (Fsp3) is 0.917. The first-order valence-corrected chi connectivity index (χ1v) is 5.88. The van der Waals surface area contributed by atoms with Crippen molar-refractivity contribution in [3.05, 3.63) is 0 Å². The Balaban J connectivity index is 1.99. The molecule has 0 spiro atoms. The fourth-order valence-corrected chi connectivity index (χ4v) is 3.03. The van der Waals surface area contributed by atoms with Gasteiger partial charge in [0.25, 0.3) is 0 Å². The van der Waals surface area contributed by atoms with E-state index in [1.54, 1.807) is 0 Å². The summed E-state index contributed by atoms with van der Waals surface area (Å²) in [5.74, 6) is -0.855. The van der Waals surface area contributed by atoms with Gasteiger partial charge in [0.05, 0.1) is 17.1 Å². The van der Waals surface area contributed by atoms with E-state index >= 15 is 0 Å². The van der Waals surface area contributed by atoms with E-state index in [1.807, 2.05) is 0 Å². The van der Waals surface area contributed by atoms with Crippen LogP contribution in [-0.4, -0.2) is 46.3 Å². The van der Waals surface area contributed by atoms with Gasteiger partial charge in [-0.2, -0.15) is 0 Å². The molecule has 1 N–H and O–H groups in total. The summed E-state index contributed by atoms with van der Waals surface area (Å²) in [5, 5.41) is 8.87. The summed E-state index contributed by atoms with van der Waals surface area (Å²) in [6.07, 6.45) is 0.979. The van der Waals surface area contributed by atoms with E-state index < -0.39 is 5.97 Å². The fourth-order valence-electron chi connectivity index (χ4n) is 3.03. The van der Waals surface area contributed by atoms with Crippen LogP contribution in [0.5, 0.6) is 0 Å². The number of nitrogens with zero attached hydrogens (tertiary/aromatic N) is 1. The van der Waals surface area contributed by atoms with E-state index in [-0.39, 0.29) is 17.1 Å². The molecule has 2 rings (SSSR count). The first-order valence-electron chi connectivity index (χ1n) is 5.88.